The molecule has 294 valence electrons. The first-order valence-electron chi connectivity index (χ1n) is 17.8. The van der Waals surface area contributed by atoms with Gasteiger partial charge in [0.05, 0.1) is 43.8 Å². The van der Waals surface area contributed by atoms with Crippen molar-refractivity contribution in [3.63, 3.8) is 0 Å². The van der Waals surface area contributed by atoms with Crippen molar-refractivity contribution >= 4 is 34.1 Å². The summed E-state index contributed by atoms with van der Waals surface area (Å²) in [5.74, 6) is 1.97. The van der Waals surface area contributed by atoms with E-state index in [1.165, 1.54) is 21.4 Å². The SMILES string of the molecule is C.C.[Na+].[OH-].c1cc2c(cc1-c1cnc3[nH]cc(-c4cn[nH]c4)c3c1)CCO2.c1ccc(SOOn2cc(-c3cn[nH]c3)c3cc(-c4ccc5c(c4)CCO5)cnc32)cc1. The number of fused-ring (bicyclic) bond motifs is 4. The largest absolute Gasteiger partial charge is 1.00 e. The van der Waals surface area contributed by atoms with Crippen molar-refractivity contribution in [3.05, 3.63) is 140 Å². The van der Waals surface area contributed by atoms with Gasteiger partial charge in [0.2, 0.25) is 0 Å². The van der Waals surface area contributed by atoms with E-state index in [-0.39, 0.29) is 49.9 Å². The third kappa shape index (κ3) is 8.64. The Kier molecular flexibility index (Phi) is 13.6. The zero-order valence-electron chi connectivity index (χ0n) is 30.7. The first-order chi connectivity index (χ1) is 27.2. The fourth-order valence-electron chi connectivity index (χ4n) is 7.02. The Bertz CT molecular complexity index is 2770. The Morgan fingerprint density at radius 2 is 1.24 bits per heavy atom. The van der Waals surface area contributed by atoms with E-state index < -0.39 is 0 Å². The molecule has 11 rings (SSSR count). The molecule has 0 bridgehead atoms. The van der Waals surface area contributed by atoms with Crippen LogP contribution in [0.5, 0.6) is 11.5 Å². The molecule has 15 heteroatoms. The monoisotopic (exact) mass is 816 g/mol. The maximum Gasteiger partial charge on any atom is 1.00 e. The van der Waals surface area contributed by atoms with Crippen molar-refractivity contribution in [2.45, 2.75) is 32.6 Å². The maximum atomic E-state index is 5.64. The third-order valence-corrected chi connectivity index (χ3v) is 10.4. The number of hydrogen-bond acceptors (Lipinski definition) is 10. The summed E-state index contributed by atoms with van der Waals surface area (Å²) in [4.78, 5) is 19.0. The Balaban J connectivity index is 0.000000194. The number of rotatable bonds is 8. The number of ether oxygens (including phenoxy) is 2. The number of H-pyrrole nitrogens is 3. The Labute approximate surface area is 367 Å². The molecule has 0 fully saturated rings. The normalized spacial score (nSPS) is 12.0. The number of pyridine rings is 2. The van der Waals surface area contributed by atoms with Crippen LogP contribution in [0.1, 0.15) is 26.0 Å². The minimum absolute atomic E-state index is 0. The van der Waals surface area contributed by atoms with Crippen LogP contribution in [-0.4, -0.2) is 58.8 Å². The Morgan fingerprint density at radius 1 is 0.627 bits per heavy atom. The van der Waals surface area contributed by atoms with Crippen molar-refractivity contribution < 1.29 is 53.8 Å². The summed E-state index contributed by atoms with van der Waals surface area (Å²) in [6.45, 7) is 1.51. The van der Waals surface area contributed by atoms with Gasteiger partial charge in [0.1, 0.15) is 17.1 Å². The summed E-state index contributed by atoms with van der Waals surface area (Å²) in [5, 5.41) is 15.9. The molecule has 59 heavy (non-hydrogen) atoms. The second-order valence-electron chi connectivity index (χ2n) is 13.1. The van der Waals surface area contributed by atoms with Crippen LogP contribution in [0.15, 0.2) is 133 Å². The molecule has 6 aromatic heterocycles. The minimum atomic E-state index is 0. The maximum absolute atomic E-state index is 5.64. The molecule has 8 heterocycles. The first-order valence-corrected chi connectivity index (χ1v) is 18.5. The molecular formula is C44H41N8NaO5S. The molecule has 0 radical (unpaired) electrons. The fourth-order valence-corrected chi connectivity index (χ4v) is 7.46. The van der Waals surface area contributed by atoms with Crippen molar-refractivity contribution in [1.29, 1.82) is 0 Å². The first kappa shape index (κ1) is 42.7. The molecule has 2 aliphatic heterocycles. The van der Waals surface area contributed by atoms with Gasteiger partial charge in [-0.15, -0.1) is 4.73 Å². The number of nitrogens with one attached hydrogen (secondary N) is 3. The molecule has 0 amide bonds. The molecule has 0 saturated carbocycles. The summed E-state index contributed by atoms with van der Waals surface area (Å²) in [6.07, 6.45) is 16.8. The van der Waals surface area contributed by atoms with E-state index in [4.69, 9.17) is 23.8 Å². The van der Waals surface area contributed by atoms with Crippen LogP contribution in [0.4, 0.5) is 0 Å². The predicted molar refractivity (Wildman–Crippen MR) is 226 cm³/mol. The minimum Gasteiger partial charge on any atom is -0.870 e. The zero-order valence-corrected chi connectivity index (χ0v) is 33.5. The van der Waals surface area contributed by atoms with Gasteiger partial charge in [0.25, 0.3) is 0 Å². The molecule has 0 unspecified atom stereocenters. The van der Waals surface area contributed by atoms with E-state index >= 15 is 0 Å². The van der Waals surface area contributed by atoms with Crippen molar-refractivity contribution in [1.82, 2.24) is 40.1 Å². The smallest absolute Gasteiger partial charge is 0.870 e. The molecule has 0 saturated heterocycles. The van der Waals surface area contributed by atoms with Crippen molar-refractivity contribution in [2.24, 2.45) is 0 Å². The third-order valence-electron chi connectivity index (χ3n) is 9.79. The average Bonchev–Trinajstić information content (AvgIpc) is 4.09. The van der Waals surface area contributed by atoms with Crippen LogP contribution in [0, 0.1) is 0 Å². The van der Waals surface area contributed by atoms with Crippen LogP contribution in [-0.2, 0) is 17.2 Å². The quantitative estimate of drug-likeness (QED) is 0.0645. The van der Waals surface area contributed by atoms with Gasteiger partial charge in [-0.2, -0.15) is 10.2 Å². The van der Waals surface area contributed by atoms with Gasteiger partial charge < -0.3 is 19.9 Å². The molecule has 0 aliphatic carbocycles. The Hall–Kier alpha value is -5.87. The van der Waals surface area contributed by atoms with Crippen LogP contribution in [0.25, 0.3) is 66.6 Å². The zero-order chi connectivity index (χ0) is 36.6. The van der Waals surface area contributed by atoms with E-state index in [1.807, 2.05) is 79.8 Å². The van der Waals surface area contributed by atoms with Crippen molar-refractivity contribution in [3.8, 4) is 56.0 Å². The van der Waals surface area contributed by atoms with E-state index in [9.17, 15) is 0 Å². The molecule has 0 spiro atoms. The molecule has 13 nitrogen and oxygen atoms in total. The summed E-state index contributed by atoms with van der Waals surface area (Å²) >= 11 is 1.14. The van der Waals surface area contributed by atoms with Crippen LogP contribution >= 0.6 is 12.0 Å². The molecule has 3 aromatic carbocycles. The van der Waals surface area contributed by atoms with Gasteiger partial charge in [-0.3, -0.25) is 10.2 Å². The second-order valence-corrected chi connectivity index (χ2v) is 13.9. The van der Waals surface area contributed by atoms with E-state index in [2.05, 4.69) is 72.8 Å². The van der Waals surface area contributed by atoms with E-state index in [0.29, 0.717) is 5.65 Å². The van der Waals surface area contributed by atoms with Crippen molar-refractivity contribution in [2.75, 3.05) is 13.2 Å². The van der Waals surface area contributed by atoms with E-state index in [1.54, 1.807) is 6.20 Å². The molecule has 2 aliphatic rings. The van der Waals surface area contributed by atoms with Gasteiger partial charge in [0, 0.05) is 92.9 Å². The Morgan fingerprint density at radius 3 is 1.86 bits per heavy atom. The summed E-state index contributed by atoms with van der Waals surface area (Å²) in [7, 11) is 0. The van der Waals surface area contributed by atoms with Crippen LogP contribution in [0.3, 0.4) is 0 Å². The summed E-state index contributed by atoms with van der Waals surface area (Å²) in [5.41, 5.74) is 12.5. The topological polar surface area (TPSA) is 171 Å². The second kappa shape index (κ2) is 18.8. The number of aromatic amines is 3. The number of aromatic nitrogens is 8. The molecular weight excluding hydrogens is 776 g/mol. The van der Waals surface area contributed by atoms with E-state index in [0.717, 1.165) is 110 Å². The van der Waals surface area contributed by atoms with Gasteiger partial charge in [-0.05, 0) is 70.8 Å². The number of nitrogens with zero attached hydrogens (tertiary/aromatic N) is 5. The molecule has 0 atom stereocenters. The van der Waals surface area contributed by atoms with Crippen LogP contribution < -0.4 is 44.0 Å². The van der Waals surface area contributed by atoms with Gasteiger partial charge in [-0.25, -0.2) is 15.0 Å². The fraction of sp³-hybridized carbons (Fsp3) is 0.136. The van der Waals surface area contributed by atoms with Crippen LogP contribution in [0.2, 0.25) is 0 Å². The van der Waals surface area contributed by atoms with Gasteiger partial charge in [0.15, 0.2) is 5.65 Å². The number of benzene rings is 3. The molecule has 4 N–H and O–H groups in total. The number of hydrogen-bond donors (Lipinski definition) is 3. The summed E-state index contributed by atoms with van der Waals surface area (Å²) < 4.78 is 18.2. The van der Waals surface area contributed by atoms with Gasteiger partial charge in [-0.1, -0.05) is 49.5 Å². The predicted octanol–water partition coefficient (Wildman–Crippen LogP) is 6.75. The van der Waals surface area contributed by atoms with Gasteiger partial charge >= 0.3 is 29.6 Å². The summed E-state index contributed by atoms with van der Waals surface area (Å²) in [6, 6.07) is 26.7. The average molecular weight is 817 g/mol. The molecule has 9 aromatic rings. The standard InChI is InChI=1S/C24H18N4O3S.C18H14N4O.2CH4.Na.H2O/c1-2-4-20(5-3-1)32-31-30-28-15-22(19-13-26-27-14-19)21-11-18(12-25-24(21)28)16-6-7-23-17(10-16)8-9-29-23;1-2-17-12(3-4-23-17)5-11(1)13-6-15-16(14-8-21-22-9-14)10-20-18(15)19-7-13;;;;/h1-7,10-15H,8-9H2,(H,26,27);1-2,5-10H,3-4H2,(H,19,20)(H,21,22);2*1H4;;1H2/q;;;;+1;/p-1.